The summed E-state index contributed by atoms with van der Waals surface area (Å²) in [5, 5.41) is 33.8. The van der Waals surface area contributed by atoms with Crippen LogP contribution in [-0.4, -0.2) is 22.2 Å². The second-order valence-electron chi connectivity index (χ2n) is 7.85. The van der Waals surface area contributed by atoms with E-state index in [-0.39, 0.29) is 41.4 Å². The lowest BCUT2D eigenvalue weighted by Gasteiger charge is -2.29. The van der Waals surface area contributed by atoms with Crippen molar-refractivity contribution in [3.63, 3.8) is 0 Å². The Bertz CT molecular complexity index is 1290. The molecular weight excluding hydrogens is 554 g/mol. The standard InChI is InChI=1S/C21H11F12N3O2/c22-18(23,24)8-1-3-10(11(5-8)20(28,29)30)16(37)15-13(7-34)35-36(17(15)38)14-4-2-9(19(25,26)27)6-12(14)21(31,32)33/h1-6,15-17,37-38H. The fourth-order valence-electron chi connectivity index (χ4n) is 3.71. The number of benzene rings is 2. The van der Waals surface area contributed by atoms with E-state index in [2.05, 4.69) is 5.10 Å². The number of rotatable bonds is 3. The van der Waals surface area contributed by atoms with E-state index in [1.54, 1.807) is 0 Å². The molecule has 0 saturated heterocycles. The van der Waals surface area contributed by atoms with Gasteiger partial charge < -0.3 is 10.2 Å². The SMILES string of the molecule is N#CC1=NN(c2ccc(C(F)(F)F)cc2C(F)(F)F)C(O)C1C(O)c1ccc(C(F)(F)F)cc1C(F)(F)F. The largest absolute Gasteiger partial charge is 0.418 e. The molecule has 0 aromatic heterocycles. The Morgan fingerprint density at radius 2 is 1.24 bits per heavy atom. The first-order valence-electron chi connectivity index (χ1n) is 9.88. The maximum atomic E-state index is 13.6. The van der Waals surface area contributed by atoms with Gasteiger partial charge in [0.25, 0.3) is 0 Å². The molecule has 2 N–H and O–H groups in total. The Labute approximate surface area is 203 Å². The third-order valence-corrected chi connectivity index (χ3v) is 5.44. The summed E-state index contributed by atoms with van der Waals surface area (Å²) in [6.45, 7) is 0. The maximum absolute atomic E-state index is 13.6. The number of alkyl halides is 12. The zero-order valence-electron chi connectivity index (χ0n) is 18.0. The lowest BCUT2D eigenvalue weighted by Crippen LogP contribution is -2.38. The first-order valence-corrected chi connectivity index (χ1v) is 9.88. The van der Waals surface area contributed by atoms with Crippen molar-refractivity contribution in [2.75, 3.05) is 5.01 Å². The molecule has 3 rings (SSSR count). The average molecular weight is 565 g/mol. The number of nitrogens with zero attached hydrogens (tertiary/aromatic N) is 3. The number of anilines is 1. The Morgan fingerprint density at radius 1 is 0.763 bits per heavy atom. The van der Waals surface area contributed by atoms with Crippen LogP contribution in [0.2, 0.25) is 0 Å². The Kier molecular flexibility index (Phi) is 7.14. The van der Waals surface area contributed by atoms with Gasteiger partial charge in [-0.3, -0.25) is 0 Å². The molecule has 3 atom stereocenters. The van der Waals surface area contributed by atoms with Crippen LogP contribution in [0.25, 0.3) is 0 Å². The molecule has 38 heavy (non-hydrogen) atoms. The van der Waals surface area contributed by atoms with Crippen LogP contribution in [0.15, 0.2) is 41.5 Å². The fourth-order valence-corrected chi connectivity index (χ4v) is 3.71. The minimum Gasteiger partial charge on any atom is -0.387 e. The number of hydrazone groups is 1. The maximum Gasteiger partial charge on any atom is 0.418 e. The second kappa shape index (κ2) is 9.34. The summed E-state index contributed by atoms with van der Waals surface area (Å²) in [6, 6.07) is 1.36. The Balaban J connectivity index is 2.12. The summed E-state index contributed by atoms with van der Waals surface area (Å²) in [4.78, 5) is 0. The number of nitriles is 1. The molecule has 0 radical (unpaired) electrons. The summed E-state index contributed by atoms with van der Waals surface area (Å²) in [6.07, 6.45) is -26.6. The van der Waals surface area contributed by atoms with Crippen molar-refractivity contribution in [1.82, 2.24) is 0 Å². The molecule has 0 amide bonds. The first-order chi connectivity index (χ1) is 17.2. The van der Waals surface area contributed by atoms with Crippen molar-refractivity contribution < 1.29 is 62.9 Å². The van der Waals surface area contributed by atoms with E-state index in [1.807, 2.05) is 0 Å². The molecule has 5 nitrogen and oxygen atoms in total. The monoisotopic (exact) mass is 565 g/mol. The highest BCUT2D eigenvalue weighted by molar-refractivity contribution is 6.03. The van der Waals surface area contributed by atoms with E-state index in [4.69, 9.17) is 0 Å². The summed E-state index contributed by atoms with van der Waals surface area (Å²) in [5.41, 5.74) is -11.1. The molecule has 0 aliphatic carbocycles. The van der Waals surface area contributed by atoms with Crippen molar-refractivity contribution >= 4 is 11.4 Å². The topological polar surface area (TPSA) is 79.9 Å². The van der Waals surface area contributed by atoms with Crippen LogP contribution >= 0.6 is 0 Å². The molecule has 1 heterocycles. The molecule has 0 spiro atoms. The molecule has 0 fully saturated rings. The van der Waals surface area contributed by atoms with Crippen LogP contribution in [0, 0.1) is 17.2 Å². The van der Waals surface area contributed by atoms with Crippen LogP contribution in [0.1, 0.15) is 33.9 Å². The average Bonchev–Trinajstić information content (AvgIpc) is 3.11. The summed E-state index contributed by atoms with van der Waals surface area (Å²) < 4.78 is 159. The lowest BCUT2D eigenvalue weighted by atomic mass is 9.87. The fraction of sp³-hybridized carbons (Fsp3) is 0.333. The molecule has 1 aliphatic rings. The molecule has 17 heteroatoms. The van der Waals surface area contributed by atoms with Crippen molar-refractivity contribution in [3.05, 3.63) is 64.2 Å². The molecule has 206 valence electrons. The third kappa shape index (κ3) is 5.50. The number of halogens is 12. The molecular formula is C21H11F12N3O2. The van der Waals surface area contributed by atoms with Gasteiger partial charge in [-0.1, -0.05) is 6.07 Å². The number of aliphatic hydroxyl groups excluding tert-OH is 2. The van der Waals surface area contributed by atoms with E-state index in [1.165, 1.54) is 6.07 Å². The van der Waals surface area contributed by atoms with Gasteiger partial charge in [-0.25, -0.2) is 5.01 Å². The van der Waals surface area contributed by atoms with Crippen molar-refractivity contribution in [2.24, 2.45) is 11.0 Å². The number of hydrogen-bond acceptors (Lipinski definition) is 5. The quantitative estimate of drug-likeness (QED) is 0.439. The van der Waals surface area contributed by atoms with Crippen LogP contribution in [0.3, 0.4) is 0 Å². The van der Waals surface area contributed by atoms with Gasteiger partial charge in [0.15, 0.2) is 6.23 Å². The zero-order valence-corrected chi connectivity index (χ0v) is 18.0. The van der Waals surface area contributed by atoms with Crippen LogP contribution in [0.5, 0.6) is 0 Å². The molecule has 0 saturated carbocycles. The Morgan fingerprint density at radius 3 is 1.68 bits per heavy atom. The van der Waals surface area contributed by atoms with Gasteiger partial charge in [0.05, 0.1) is 40.0 Å². The van der Waals surface area contributed by atoms with Crippen LogP contribution in [0.4, 0.5) is 58.4 Å². The molecule has 2 aromatic rings. The van der Waals surface area contributed by atoms with Crippen molar-refractivity contribution in [1.29, 1.82) is 5.26 Å². The number of aliphatic hydroxyl groups is 2. The summed E-state index contributed by atoms with van der Waals surface area (Å²) in [5.74, 6) is -2.25. The molecule has 3 unspecified atom stereocenters. The van der Waals surface area contributed by atoms with Gasteiger partial charge in [-0.2, -0.15) is 63.0 Å². The lowest BCUT2D eigenvalue weighted by molar-refractivity contribution is -0.145. The third-order valence-electron chi connectivity index (χ3n) is 5.44. The van der Waals surface area contributed by atoms with E-state index >= 15 is 0 Å². The normalized spacial score (nSPS) is 19.8. The first kappa shape index (κ1) is 29.0. The van der Waals surface area contributed by atoms with Gasteiger partial charge in [0.2, 0.25) is 0 Å². The van der Waals surface area contributed by atoms with E-state index < -0.39 is 82.2 Å². The van der Waals surface area contributed by atoms with Crippen molar-refractivity contribution in [3.8, 4) is 6.07 Å². The summed E-state index contributed by atoms with van der Waals surface area (Å²) >= 11 is 0. The van der Waals surface area contributed by atoms with E-state index in [9.17, 15) is 68.2 Å². The minimum absolute atomic E-state index is 0.0211. The van der Waals surface area contributed by atoms with Gasteiger partial charge in [0.1, 0.15) is 11.8 Å². The minimum atomic E-state index is -5.50. The van der Waals surface area contributed by atoms with Crippen molar-refractivity contribution in [2.45, 2.75) is 37.0 Å². The van der Waals surface area contributed by atoms with Gasteiger partial charge in [0, 0.05) is 0 Å². The zero-order chi connectivity index (χ0) is 29.0. The van der Waals surface area contributed by atoms with Crippen LogP contribution in [-0.2, 0) is 24.7 Å². The van der Waals surface area contributed by atoms with Gasteiger partial charge in [-0.05, 0) is 35.9 Å². The number of hydrogen-bond donors (Lipinski definition) is 2. The second-order valence-corrected chi connectivity index (χ2v) is 7.85. The molecule has 1 aliphatic heterocycles. The highest BCUT2D eigenvalue weighted by Crippen LogP contribution is 2.46. The van der Waals surface area contributed by atoms with Crippen LogP contribution < -0.4 is 5.01 Å². The summed E-state index contributed by atoms with van der Waals surface area (Å²) in [7, 11) is 0. The molecule has 0 bridgehead atoms. The smallest absolute Gasteiger partial charge is 0.387 e. The van der Waals surface area contributed by atoms with Gasteiger partial charge >= 0.3 is 24.7 Å². The predicted octanol–water partition coefficient (Wildman–Crippen LogP) is 6.13. The van der Waals surface area contributed by atoms with Gasteiger partial charge in [-0.15, -0.1) is 0 Å². The van der Waals surface area contributed by atoms with E-state index in [0.717, 1.165) is 0 Å². The molecule has 2 aromatic carbocycles. The van der Waals surface area contributed by atoms with E-state index in [0.29, 0.717) is 0 Å². The highest BCUT2D eigenvalue weighted by Gasteiger charge is 2.48. The highest BCUT2D eigenvalue weighted by atomic mass is 19.4. The predicted molar refractivity (Wildman–Crippen MR) is 103 cm³/mol. The Hall–Kier alpha value is -3.52.